The molecule has 2 nitrogen and oxygen atoms in total. The molecule has 1 aliphatic carbocycles. The van der Waals surface area contributed by atoms with Gasteiger partial charge in [0.05, 0.1) is 0 Å². The summed E-state index contributed by atoms with van der Waals surface area (Å²) in [5.41, 5.74) is 0.246. The Kier molecular flexibility index (Phi) is 5.65. The number of nitrogens with one attached hydrogen (secondary N) is 1. The van der Waals surface area contributed by atoms with E-state index in [1.54, 1.807) is 0 Å². The lowest BCUT2D eigenvalue weighted by molar-refractivity contribution is 0.179. The predicted molar refractivity (Wildman–Crippen MR) is 89.3 cm³/mol. The van der Waals surface area contributed by atoms with E-state index in [0.29, 0.717) is 6.04 Å². The van der Waals surface area contributed by atoms with Crippen molar-refractivity contribution in [2.45, 2.75) is 77.5 Å². The Morgan fingerprint density at radius 2 is 2.15 bits per heavy atom. The molecule has 3 heteroatoms. The summed E-state index contributed by atoms with van der Waals surface area (Å²) >= 11 is 1.89. The zero-order valence-electron chi connectivity index (χ0n) is 13.5. The van der Waals surface area contributed by atoms with Crippen LogP contribution in [-0.4, -0.2) is 29.1 Å². The van der Waals surface area contributed by atoms with Crippen LogP contribution >= 0.6 is 11.3 Å². The zero-order chi connectivity index (χ0) is 14.6. The van der Waals surface area contributed by atoms with Crippen LogP contribution in [0.4, 0.5) is 0 Å². The predicted octanol–water partition coefficient (Wildman–Crippen LogP) is 4.27. The number of hydrogen-bond acceptors (Lipinski definition) is 3. The summed E-state index contributed by atoms with van der Waals surface area (Å²) in [6.45, 7) is 11.4. The van der Waals surface area contributed by atoms with Gasteiger partial charge in [-0.15, -0.1) is 11.3 Å². The summed E-state index contributed by atoms with van der Waals surface area (Å²) in [4.78, 5) is 4.24. The lowest BCUT2D eigenvalue weighted by Crippen LogP contribution is -2.38. The van der Waals surface area contributed by atoms with Crippen molar-refractivity contribution >= 4 is 11.3 Å². The number of hydrogen-bond donors (Lipinski definition) is 1. The topological polar surface area (TPSA) is 15.3 Å². The van der Waals surface area contributed by atoms with Crippen LogP contribution in [0.1, 0.15) is 58.3 Å². The van der Waals surface area contributed by atoms with E-state index in [9.17, 15) is 0 Å². The average Bonchev–Trinajstić information content (AvgIpc) is 3.07. The molecule has 0 saturated heterocycles. The third kappa shape index (κ3) is 5.55. The van der Waals surface area contributed by atoms with E-state index >= 15 is 0 Å². The second-order valence-corrected chi connectivity index (χ2v) is 8.18. The van der Waals surface area contributed by atoms with Crippen molar-refractivity contribution in [1.82, 2.24) is 10.2 Å². The van der Waals surface area contributed by atoms with Gasteiger partial charge in [0.2, 0.25) is 0 Å². The van der Waals surface area contributed by atoms with Crippen LogP contribution in [0.15, 0.2) is 17.5 Å². The highest BCUT2D eigenvalue weighted by Crippen LogP contribution is 2.31. The van der Waals surface area contributed by atoms with Gasteiger partial charge in [0.1, 0.15) is 0 Å². The van der Waals surface area contributed by atoms with Gasteiger partial charge in [0, 0.05) is 29.0 Å². The van der Waals surface area contributed by atoms with Crippen molar-refractivity contribution in [3.63, 3.8) is 0 Å². The fourth-order valence-corrected chi connectivity index (χ4v) is 3.37. The monoisotopic (exact) mass is 294 g/mol. The molecule has 1 atom stereocenters. The van der Waals surface area contributed by atoms with Gasteiger partial charge in [-0.05, 0) is 71.4 Å². The van der Waals surface area contributed by atoms with Gasteiger partial charge in [-0.2, -0.15) is 0 Å². The number of thiophene rings is 1. The van der Waals surface area contributed by atoms with Crippen LogP contribution in [0, 0.1) is 0 Å². The lowest BCUT2D eigenvalue weighted by Gasteiger charge is -2.29. The highest BCUT2D eigenvalue weighted by atomic mass is 32.1. The van der Waals surface area contributed by atoms with Gasteiger partial charge >= 0.3 is 0 Å². The molecule has 0 radical (unpaired) electrons. The van der Waals surface area contributed by atoms with Crippen molar-refractivity contribution in [3.05, 3.63) is 22.4 Å². The van der Waals surface area contributed by atoms with Gasteiger partial charge in [-0.1, -0.05) is 6.07 Å². The first kappa shape index (κ1) is 16.0. The molecule has 0 aliphatic heterocycles. The Morgan fingerprint density at radius 1 is 1.40 bits per heavy atom. The lowest BCUT2D eigenvalue weighted by atomic mass is 10.1. The van der Waals surface area contributed by atoms with Crippen molar-refractivity contribution in [2.75, 3.05) is 6.54 Å². The quantitative estimate of drug-likeness (QED) is 0.720. The van der Waals surface area contributed by atoms with E-state index in [4.69, 9.17) is 0 Å². The van der Waals surface area contributed by atoms with Gasteiger partial charge in [0.15, 0.2) is 0 Å². The van der Waals surface area contributed by atoms with Crippen LogP contribution in [0.25, 0.3) is 0 Å². The van der Waals surface area contributed by atoms with Crippen LogP contribution < -0.4 is 5.32 Å². The van der Waals surface area contributed by atoms with E-state index < -0.39 is 0 Å². The third-order valence-electron chi connectivity index (χ3n) is 3.95. The molecule has 1 N–H and O–H groups in total. The molecule has 2 rings (SSSR count). The SMILES string of the molecule is CC(CCCNC(C)(C)C)N(Cc1cccs1)C1CC1. The summed E-state index contributed by atoms with van der Waals surface area (Å²) < 4.78 is 0. The summed E-state index contributed by atoms with van der Waals surface area (Å²) in [5, 5.41) is 5.78. The van der Waals surface area contributed by atoms with Crippen molar-refractivity contribution in [3.8, 4) is 0 Å². The molecule has 1 heterocycles. The Bertz CT molecular complexity index is 376. The fraction of sp³-hybridized carbons (Fsp3) is 0.765. The van der Waals surface area contributed by atoms with Crippen LogP contribution in [0.3, 0.4) is 0 Å². The smallest absolute Gasteiger partial charge is 0.0333 e. The molecule has 1 aromatic heterocycles. The first-order valence-electron chi connectivity index (χ1n) is 7.99. The minimum absolute atomic E-state index is 0.246. The molecule has 0 bridgehead atoms. The Balaban J connectivity index is 1.74. The summed E-state index contributed by atoms with van der Waals surface area (Å²) in [6.07, 6.45) is 5.36. The Labute approximate surface area is 128 Å². The standard InChI is InChI=1S/C17H30N2S/c1-14(7-5-11-18-17(2,3)4)19(15-9-10-15)13-16-8-6-12-20-16/h6,8,12,14-15,18H,5,7,9-11,13H2,1-4H3. The average molecular weight is 295 g/mol. The van der Waals surface area contributed by atoms with E-state index in [0.717, 1.165) is 19.1 Å². The minimum atomic E-state index is 0.246. The fourth-order valence-electron chi connectivity index (χ4n) is 2.66. The Hall–Kier alpha value is -0.380. The van der Waals surface area contributed by atoms with E-state index in [2.05, 4.69) is 55.4 Å². The Morgan fingerprint density at radius 3 is 2.70 bits per heavy atom. The second-order valence-electron chi connectivity index (χ2n) is 7.15. The van der Waals surface area contributed by atoms with Crippen molar-refractivity contribution in [1.29, 1.82) is 0 Å². The summed E-state index contributed by atoms with van der Waals surface area (Å²) in [6, 6.07) is 5.99. The van der Waals surface area contributed by atoms with Crippen molar-refractivity contribution < 1.29 is 0 Å². The minimum Gasteiger partial charge on any atom is -0.312 e. The molecule has 20 heavy (non-hydrogen) atoms. The third-order valence-corrected chi connectivity index (χ3v) is 4.82. The number of rotatable bonds is 8. The van der Waals surface area contributed by atoms with Crippen LogP contribution in [-0.2, 0) is 6.54 Å². The van der Waals surface area contributed by atoms with Crippen LogP contribution in [0.2, 0.25) is 0 Å². The molecular weight excluding hydrogens is 264 g/mol. The van der Waals surface area contributed by atoms with Crippen molar-refractivity contribution in [2.24, 2.45) is 0 Å². The maximum atomic E-state index is 3.59. The summed E-state index contributed by atoms with van der Waals surface area (Å²) in [5.74, 6) is 0. The molecule has 1 aromatic rings. The van der Waals surface area contributed by atoms with Gasteiger partial charge < -0.3 is 5.32 Å². The molecule has 1 saturated carbocycles. The molecule has 0 spiro atoms. The largest absolute Gasteiger partial charge is 0.312 e. The normalized spacial score (nSPS) is 17.6. The highest BCUT2D eigenvalue weighted by molar-refractivity contribution is 7.09. The summed E-state index contributed by atoms with van der Waals surface area (Å²) in [7, 11) is 0. The van der Waals surface area contributed by atoms with Gasteiger partial charge in [0.25, 0.3) is 0 Å². The van der Waals surface area contributed by atoms with E-state index in [1.165, 1.54) is 30.6 Å². The first-order valence-corrected chi connectivity index (χ1v) is 8.87. The number of nitrogens with zero attached hydrogens (tertiary/aromatic N) is 1. The molecule has 1 unspecified atom stereocenters. The van der Waals surface area contributed by atoms with Gasteiger partial charge in [-0.25, -0.2) is 0 Å². The van der Waals surface area contributed by atoms with E-state index in [1.807, 2.05) is 11.3 Å². The molecule has 1 aliphatic rings. The maximum Gasteiger partial charge on any atom is 0.0333 e. The van der Waals surface area contributed by atoms with Crippen LogP contribution in [0.5, 0.6) is 0 Å². The van der Waals surface area contributed by atoms with Gasteiger partial charge in [-0.3, -0.25) is 4.90 Å². The molecule has 114 valence electrons. The molecule has 0 aromatic carbocycles. The van der Waals surface area contributed by atoms with E-state index in [-0.39, 0.29) is 5.54 Å². The molecule has 1 fully saturated rings. The molecule has 0 amide bonds. The maximum absolute atomic E-state index is 3.59. The highest BCUT2D eigenvalue weighted by Gasteiger charge is 2.32. The zero-order valence-corrected chi connectivity index (χ0v) is 14.3. The first-order chi connectivity index (χ1) is 9.46. The second kappa shape index (κ2) is 7.06. The molecular formula is C17H30N2S.